The molecule has 2 N–H and O–H groups in total. The average Bonchev–Trinajstić information content (AvgIpc) is 2.76. The van der Waals surface area contributed by atoms with Gasteiger partial charge in [0, 0.05) is 17.1 Å². The third-order valence-corrected chi connectivity index (χ3v) is 9.49. The van der Waals surface area contributed by atoms with E-state index in [1.54, 1.807) is 0 Å². The zero-order valence-electron chi connectivity index (χ0n) is 20.1. The highest BCUT2D eigenvalue weighted by Gasteiger charge is 2.47. The third-order valence-electron chi connectivity index (χ3n) is 9.49. The molecule has 6 fully saturated rings. The van der Waals surface area contributed by atoms with Crippen molar-refractivity contribution in [3.8, 4) is 0 Å². The van der Waals surface area contributed by atoms with Crippen LogP contribution in [-0.2, 0) is 0 Å². The number of hydrogen-bond donors (Lipinski definition) is 1. The molecule has 0 aliphatic carbocycles. The Morgan fingerprint density at radius 1 is 0.833 bits per heavy atom. The van der Waals surface area contributed by atoms with Crippen molar-refractivity contribution in [2.45, 2.75) is 89.8 Å². The van der Waals surface area contributed by atoms with Gasteiger partial charge in [-0.05, 0) is 115 Å². The van der Waals surface area contributed by atoms with Crippen molar-refractivity contribution in [1.82, 2.24) is 9.80 Å². The second-order valence-electron chi connectivity index (χ2n) is 11.6. The predicted molar refractivity (Wildman–Crippen MR) is 128 cm³/mol. The molecule has 0 radical (unpaired) electrons. The summed E-state index contributed by atoms with van der Waals surface area (Å²) in [4.78, 5) is 5.27. The monoisotopic (exact) mass is 411 g/mol. The topological polar surface area (TPSA) is 32.5 Å². The Hall–Kier alpha value is -0.900. The van der Waals surface area contributed by atoms with E-state index in [1.807, 2.05) is 0 Å². The van der Waals surface area contributed by atoms with Crippen molar-refractivity contribution >= 4 is 0 Å². The number of nitrogens with two attached hydrogens (primary N) is 1. The van der Waals surface area contributed by atoms with Gasteiger partial charge in [0.25, 0.3) is 0 Å². The molecular weight excluding hydrogens is 366 g/mol. The van der Waals surface area contributed by atoms with Crippen LogP contribution in [0.15, 0.2) is 30.3 Å². The van der Waals surface area contributed by atoms with E-state index in [0.29, 0.717) is 17.5 Å². The number of rotatable bonds is 3. The van der Waals surface area contributed by atoms with Crippen LogP contribution in [0.5, 0.6) is 0 Å². The quantitative estimate of drug-likeness (QED) is 0.749. The van der Waals surface area contributed by atoms with E-state index < -0.39 is 0 Å². The maximum Gasteiger partial charge on any atom is 0.0306 e. The average molecular weight is 412 g/mol. The maximum absolute atomic E-state index is 6.16. The molecule has 0 amide bonds. The van der Waals surface area contributed by atoms with Gasteiger partial charge in [-0.15, -0.1) is 0 Å². The molecule has 168 valence electrons. The van der Waals surface area contributed by atoms with Crippen molar-refractivity contribution in [3.05, 3.63) is 35.9 Å². The fourth-order valence-corrected chi connectivity index (χ4v) is 7.09. The molecule has 1 aromatic carbocycles. The molecule has 0 spiro atoms. The second kappa shape index (κ2) is 8.56. The highest BCUT2D eigenvalue weighted by Crippen LogP contribution is 2.47. The summed E-state index contributed by atoms with van der Waals surface area (Å²) in [6, 6.07) is 11.5. The second-order valence-corrected chi connectivity index (χ2v) is 11.6. The lowest BCUT2D eigenvalue weighted by Crippen LogP contribution is -2.67. The van der Waals surface area contributed by atoms with E-state index in [-0.39, 0.29) is 5.54 Å². The van der Waals surface area contributed by atoms with Gasteiger partial charge in [-0.2, -0.15) is 0 Å². The van der Waals surface area contributed by atoms with Gasteiger partial charge in [0.1, 0.15) is 0 Å². The Morgan fingerprint density at radius 2 is 1.33 bits per heavy atom. The Bertz CT molecular complexity index is 677. The normalized spacial score (nSPS) is 39.1. The molecule has 30 heavy (non-hydrogen) atoms. The summed E-state index contributed by atoms with van der Waals surface area (Å²) in [5, 5.41) is 0. The summed E-state index contributed by atoms with van der Waals surface area (Å²) in [5.41, 5.74) is 8.34. The molecule has 3 atom stereocenters. The molecular formula is C27H45N3. The molecule has 3 nitrogen and oxygen atoms in total. The summed E-state index contributed by atoms with van der Waals surface area (Å²) in [7, 11) is 0. The largest absolute Gasteiger partial charge is 0.326 e. The van der Waals surface area contributed by atoms with Crippen LogP contribution in [0.1, 0.15) is 78.2 Å². The van der Waals surface area contributed by atoms with Crippen LogP contribution in [0.2, 0.25) is 0 Å². The van der Waals surface area contributed by atoms with Gasteiger partial charge in [0.15, 0.2) is 0 Å². The molecule has 0 aromatic heterocycles. The minimum atomic E-state index is 0.265. The molecule has 7 rings (SSSR count). The summed E-state index contributed by atoms with van der Waals surface area (Å²) in [6.07, 6.45) is 6.85. The van der Waals surface area contributed by atoms with Crippen molar-refractivity contribution < 1.29 is 0 Å². The third kappa shape index (κ3) is 4.10. The van der Waals surface area contributed by atoms with Gasteiger partial charge in [0.2, 0.25) is 0 Å². The van der Waals surface area contributed by atoms with Gasteiger partial charge < -0.3 is 5.73 Å². The lowest BCUT2D eigenvalue weighted by Gasteiger charge is -2.57. The number of fused-ring (bicyclic) bond motifs is 6. The predicted octanol–water partition coefficient (Wildman–Crippen LogP) is 5.12. The van der Waals surface area contributed by atoms with E-state index in [4.69, 9.17) is 5.73 Å². The zero-order chi connectivity index (χ0) is 21.5. The molecule has 6 aliphatic heterocycles. The fraction of sp³-hybridized carbons (Fsp3) is 0.778. The van der Waals surface area contributed by atoms with Gasteiger partial charge >= 0.3 is 0 Å². The maximum atomic E-state index is 6.16. The SMILES string of the molecule is CC1(C)[C@@H](N)C2CCN1CC2.C[C@H](C[C@H]1C2CCN(CC2)C1(C)C)c1ccccc1. The van der Waals surface area contributed by atoms with Crippen LogP contribution >= 0.6 is 0 Å². The van der Waals surface area contributed by atoms with Gasteiger partial charge in [-0.3, -0.25) is 9.80 Å². The molecule has 1 aromatic rings. The number of piperidine rings is 6. The van der Waals surface area contributed by atoms with Gasteiger partial charge in [0.05, 0.1) is 0 Å². The molecule has 6 heterocycles. The lowest BCUT2D eigenvalue weighted by atomic mass is 9.64. The van der Waals surface area contributed by atoms with Crippen molar-refractivity contribution in [2.75, 3.05) is 26.2 Å². The minimum absolute atomic E-state index is 0.265. The Balaban J connectivity index is 0.000000168. The van der Waals surface area contributed by atoms with Crippen molar-refractivity contribution in [3.63, 3.8) is 0 Å². The molecule has 0 saturated carbocycles. The molecule has 6 saturated heterocycles. The van der Waals surface area contributed by atoms with Crippen LogP contribution in [0.25, 0.3) is 0 Å². The first-order valence-electron chi connectivity index (χ1n) is 12.5. The molecule has 4 bridgehead atoms. The Kier molecular flexibility index (Phi) is 6.36. The van der Waals surface area contributed by atoms with E-state index in [9.17, 15) is 0 Å². The molecule has 3 heteroatoms. The minimum Gasteiger partial charge on any atom is -0.326 e. The number of hydrogen-bond acceptors (Lipinski definition) is 3. The van der Waals surface area contributed by atoms with E-state index in [0.717, 1.165) is 17.8 Å². The van der Waals surface area contributed by atoms with Crippen LogP contribution in [-0.4, -0.2) is 53.1 Å². The van der Waals surface area contributed by atoms with Crippen molar-refractivity contribution in [1.29, 1.82) is 0 Å². The molecule has 6 aliphatic rings. The Labute approximate surface area is 185 Å². The van der Waals surface area contributed by atoms with E-state index >= 15 is 0 Å². The smallest absolute Gasteiger partial charge is 0.0306 e. The standard InChI is InChI=1S/C18H27N.C9H18N2/c1-14(15-7-5-4-6-8-15)13-17-16-9-11-19(12-10-16)18(17,2)3;1-9(2)8(10)7-3-5-11(9)6-4-7/h4-8,14,16-17H,9-13H2,1-3H3;7-8H,3-6,10H2,1-2H3/t14-,17+;8-/m10/s1. The summed E-state index contributed by atoms with van der Waals surface area (Å²) >= 11 is 0. The summed E-state index contributed by atoms with van der Waals surface area (Å²) in [6.45, 7) is 17.1. The highest BCUT2D eigenvalue weighted by molar-refractivity contribution is 5.19. The van der Waals surface area contributed by atoms with Gasteiger partial charge in [-0.1, -0.05) is 37.3 Å². The van der Waals surface area contributed by atoms with Gasteiger partial charge in [-0.25, -0.2) is 0 Å². The van der Waals surface area contributed by atoms with Crippen LogP contribution < -0.4 is 5.73 Å². The molecule has 0 unspecified atom stereocenters. The van der Waals surface area contributed by atoms with E-state index in [1.165, 1.54) is 63.8 Å². The first kappa shape index (κ1) is 22.3. The first-order valence-corrected chi connectivity index (χ1v) is 12.5. The van der Waals surface area contributed by atoms with Crippen molar-refractivity contribution in [2.24, 2.45) is 23.5 Å². The fourth-order valence-electron chi connectivity index (χ4n) is 7.09. The van der Waals surface area contributed by atoms with Crippen LogP contribution in [0.4, 0.5) is 0 Å². The number of benzene rings is 1. The van der Waals surface area contributed by atoms with Crippen LogP contribution in [0, 0.1) is 17.8 Å². The Morgan fingerprint density at radius 3 is 1.77 bits per heavy atom. The first-order chi connectivity index (χ1) is 14.2. The van der Waals surface area contributed by atoms with Crippen LogP contribution in [0.3, 0.4) is 0 Å². The lowest BCUT2D eigenvalue weighted by molar-refractivity contribution is -0.0698. The zero-order valence-corrected chi connectivity index (χ0v) is 20.1. The number of nitrogens with zero attached hydrogens (tertiary/aromatic N) is 2. The summed E-state index contributed by atoms with van der Waals surface area (Å²) < 4.78 is 0. The van der Waals surface area contributed by atoms with E-state index in [2.05, 4.69) is 74.8 Å². The summed E-state index contributed by atoms with van der Waals surface area (Å²) in [5.74, 6) is 3.32. The highest BCUT2D eigenvalue weighted by atomic mass is 15.2.